The lowest BCUT2D eigenvalue weighted by Gasteiger charge is -2.29. The summed E-state index contributed by atoms with van der Waals surface area (Å²) in [5, 5.41) is 0. The van der Waals surface area contributed by atoms with Crippen LogP contribution in [0.25, 0.3) is 0 Å². The first kappa shape index (κ1) is 24.8. The molecule has 3 nitrogen and oxygen atoms in total. The van der Waals surface area contributed by atoms with Crippen molar-refractivity contribution in [2.75, 3.05) is 0 Å². The van der Waals surface area contributed by atoms with Gasteiger partial charge in [-0.2, -0.15) is 0 Å². The van der Waals surface area contributed by atoms with Crippen molar-refractivity contribution in [2.45, 2.75) is 25.6 Å². The summed E-state index contributed by atoms with van der Waals surface area (Å²) in [6, 6.07) is 43.0. The molecule has 0 N–H and O–H groups in total. The molecule has 0 spiro atoms. The zero-order valence-electron chi connectivity index (χ0n) is 20.6. The lowest BCUT2D eigenvalue weighted by molar-refractivity contribution is -0.133. The number of carbonyl (C=O) groups excluding carboxylic acids is 1. The van der Waals surface area contributed by atoms with Gasteiger partial charge in [-0.25, -0.2) is 0 Å². The molecule has 1 amide bonds. The number of aromatic nitrogens is 1. The van der Waals surface area contributed by atoms with Crippen LogP contribution < -0.4 is 0 Å². The highest BCUT2D eigenvalue weighted by molar-refractivity contribution is 9.10. The normalized spacial score (nSPS) is 11.0. The lowest BCUT2D eigenvalue weighted by Crippen LogP contribution is -2.35. The van der Waals surface area contributed by atoms with Crippen LogP contribution in [0, 0.1) is 0 Å². The molecule has 0 aliphatic rings. The van der Waals surface area contributed by atoms with E-state index in [2.05, 4.69) is 75.2 Å². The van der Waals surface area contributed by atoms with Crippen LogP contribution >= 0.6 is 15.9 Å². The van der Waals surface area contributed by atoms with E-state index in [4.69, 9.17) is 0 Å². The smallest absolute Gasteiger partial charge is 0.235 e. The van der Waals surface area contributed by atoms with Gasteiger partial charge in [0, 0.05) is 29.5 Å². The summed E-state index contributed by atoms with van der Waals surface area (Å²) in [5.74, 6) is -0.279. The van der Waals surface area contributed by atoms with Gasteiger partial charge in [0.25, 0.3) is 0 Å². The fraction of sp³-hybridized carbons (Fsp3) is 0.121. The largest absolute Gasteiger partial charge is 0.345 e. The first-order chi connectivity index (χ1) is 18.2. The van der Waals surface area contributed by atoms with Gasteiger partial charge < -0.3 is 9.47 Å². The molecular formula is C33H29BrN2O. The van der Waals surface area contributed by atoms with Crippen LogP contribution in [0.3, 0.4) is 0 Å². The maximum atomic E-state index is 14.4. The van der Waals surface area contributed by atoms with Gasteiger partial charge in [-0.15, -0.1) is 0 Å². The third kappa shape index (κ3) is 6.28. The van der Waals surface area contributed by atoms with E-state index < -0.39 is 0 Å². The molecule has 0 radical (unpaired) electrons. The topological polar surface area (TPSA) is 25.2 Å². The Balaban J connectivity index is 1.49. The Hall–Kier alpha value is -3.89. The van der Waals surface area contributed by atoms with Gasteiger partial charge in [-0.3, -0.25) is 4.79 Å². The molecule has 0 aliphatic heterocycles. The second kappa shape index (κ2) is 11.9. The number of hydrogen-bond acceptors (Lipinski definition) is 1. The molecule has 0 saturated carbocycles. The van der Waals surface area contributed by atoms with Crippen molar-refractivity contribution in [3.05, 3.63) is 166 Å². The Labute approximate surface area is 227 Å². The molecule has 184 valence electrons. The van der Waals surface area contributed by atoms with Crippen LogP contribution in [0.4, 0.5) is 0 Å². The number of hydrogen-bond donors (Lipinski definition) is 0. The minimum atomic E-state index is -0.374. The molecule has 1 aromatic heterocycles. The van der Waals surface area contributed by atoms with E-state index >= 15 is 0 Å². The first-order valence-electron chi connectivity index (χ1n) is 12.5. The molecule has 0 unspecified atom stereocenters. The van der Waals surface area contributed by atoms with Crippen molar-refractivity contribution in [3.8, 4) is 0 Å². The molecule has 0 aliphatic carbocycles. The van der Waals surface area contributed by atoms with Crippen molar-refractivity contribution in [2.24, 2.45) is 0 Å². The average molecular weight is 550 g/mol. The summed E-state index contributed by atoms with van der Waals surface area (Å²) in [6.07, 6.45) is 2.09. The molecule has 37 heavy (non-hydrogen) atoms. The maximum absolute atomic E-state index is 14.4. The fourth-order valence-corrected chi connectivity index (χ4v) is 4.96. The average Bonchev–Trinajstić information content (AvgIpc) is 3.38. The molecule has 0 atom stereocenters. The third-order valence-corrected chi connectivity index (χ3v) is 7.11. The van der Waals surface area contributed by atoms with Crippen molar-refractivity contribution in [3.63, 3.8) is 0 Å². The third-order valence-electron chi connectivity index (χ3n) is 6.58. The molecule has 0 fully saturated rings. The van der Waals surface area contributed by atoms with Crippen LogP contribution in [-0.2, 0) is 24.4 Å². The highest BCUT2D eigenvalue weighted by atomic mass is 79.9. The van der Waals surface area contributed by atoms with Crippen LogP contribution in [-0.4, -0.2) is 15.4 Å². The molecule has 1 heterocycles. The second-order valence-electron chi connectivity index (χ2n) is 9.19. The van der Waals surface area contributed by atoms with Crippen LogP contribution in [0.1, 0.15) is 33.9 Å². The summed E-state index contributed by atoms with van der Waals surface area (Å²) in [4.78, 5) is 16.4. The Morgan fingerprint density at radius 2 is 1.22 bits per heavy atom. The number of benzene rings is 4. The van der Waals surface area contributed by atoms with Crippen molar-refractivity contribution in [1.29, 1.82) is 0 Å². The highest BCUT2D eigenvalue weighted by Crippen LogP contribution is 2.28. The van der Waals surface area contributed by atoms with Gasteiger partial charge in [-0.05, 0) is 46.5 Å². The van der Waals surface area contributed by atoms with E-state index in [0.717, 1.165) is 33.4 Å². The molecule has 4 heteroatoms. The van der Waals surface area contributed by atoms with Crippen molar-refractivity contribution in [1.82, 2.24) is 9.47 Å². The van der Waals surface area contributed by atoms with E-state index in [1.165, 1.54) is 5.56 Å². The van der Waals surface area contributed by atoms with E-state index in [-0.39, 0.29) is 11.8 Å². The van der Waals surface area contributed by atoms with Crippen LogP contribution in [0.15, 0.2) is 138 Å². The van der Waals surface area contributed by atoms with E-state index in [9.17, 15) is 4.79 Å². The number of rotatable bonds is 9. The molecule has 5 rings (SSSR count). The van der Waals surface area contributed by atoms with Gasteiger partial charge in [0.15, 0.2) is 0 Å². The summed E-state index contributed by atoms with van der Waals surface area (Å²) in [6.45, 7) is 1.82. The lowest BCUT2D eigenvalue weighted by atomic mass is 9.89. The van der Waals surface area contributed by atoms with Gasteiger partial charge in [0.05, 0.1) is 12.5 Å². The fourth-order valence-electron chi connectivity index (χ4n) is 4.70. The van der Waals surface area contributed by atoms with E-state index in [0.29, 0.717) is 13.1 Å². The summed E-state index contributed by atoms with van der Waals surface area (Å²) >= 11 is 3.52. The van der Waals surface area contributed by atoms with E-state index in [1.807, 2.05) is 83.8 Å². The zero-order chi connectivity index (χ0) is 25.5. The van der Waals surface area contributed by atoms with Crippen molar-refractivity contribution < 1.29 is 4.79 Å². The molecule has 0 bridgehead atoms. The van der Waals surface area contributed by atoms with Crippen molar-refractivity contribution >= 4 is 21.8 Å². The van der Waals surface area contributed by atoms with E-state index in [1.54, 1.807) is 0 Å². The molecule has 0 saturated heterocycles. The van der Waals surface area contributed by atoms with Gasteiger partial charge >= 0.3 is 0 Å². The molecule has 5 aromatic rings. The number of amides is 1. The number of nitrogens with zero attached hydrogens (tertiary/aromatic N) is 2. The zero-order valence-corrected chi connectivity index (χ0v) is 22.2. The Morgan fingerprint density at radius 3 is 1.81 bits per heavy atom. The number of halogens is 1. The SMILES string of the molecule is O=C(C(c1ccccc1)c1ccccc1)N(Cc1ccccc1)Cc1cccn1Cc1ccc(Br)cc1. The Kier molecular flexibility index (Phi) is 7.97. The van der Waals surface area contributed by atoms with Gasteiger partial charge in [0.1, 0.15) is 0 Å². The molecular weight excluding hydrogens is 520 g/mol. The highest BCUT2D eigenvalue weighted by Gasteiger charge is 2.28. The standard InChI is InChI=1S/C33H29BrN2O/c34-30-20-18-27(19-21-30)23-35-22-10-17-31(35)25-36(24-26-11-4-1-5-12-26)33(37)32(28-13-6-2-7-14-28)29-15-8-3-9-16-29/h1-22,32H,23-25H2. The maximum Gasteiger partial charge on any atom is 0.235 e. The minimum absolute atomic E-state index is 0.0950. The summed E-state index contributed by atoms with van der Waals surface area (Å²) < 4.78 is 3.30. The monoisotopic (exact) mass is 548 g/mol. The Bertz CT molecular complexity index is 1370. The second-order valence-corrected chi connectivity index (χ2v) is 10.1. The summed E-state index contributed by atoms with van der Waals surface area (Å²) in [5.41, 5.74) is 5.44. The molecule has 4 aromatic carbocycles. The van der Waals surface area contributed by atoms with Gasteiger partial charge in [-0.1, -0.05) is 119 Å². The van der Waals surface area contributed by atoms with Gasteiger partial charge in [0.2, 0.25) is 5.91 Å². The Morgan fingerprint density at radius 1 is 0.649 bits per heavy atom. The number of carbonyl (C=O) groups is 1. The summed E-state index contributed by atoms with van der Waals surface area (Å²) in [7, 11) is 0. The predicted molar refractivity (Wildman–Crippen MR) is 153 cm³/mol. The predicted octanol–water partition coefficient (Wildman–Crippen LogP) is 7.66. The van der Waals surface area contributed by atoms with Crippen LogP contribution in [0.2, 0.25) is 0 Å². The minimum Gasteiger partial charge on any atom is -0.345 e. The first-order valence-corrected chi connectivity index (χ1v) is 13.3. The quantitative estimate of drug-likeness (QED) is 0.185. The van der Waals surface area contributed by atoms with Crippen LogP contribution in [0.5, 0.6) is 0 Å².